The first-order chi connectivity index (χ1) is 9.78. The fourth-order valence-corrected chi connectivity index (χ4v) is 2.99. The SMILES string of the molecule is Cn1cc([C@H]2CCCN2Cc2ccccc2C#N)cn1. The van der Waals surface area contributed by atoms with Crippen molar-refractivity contribution in [2.75, 3.05) is 6.54 Å². The zero-order chi connectivity index (χ0) is 13.9. The third-order valence-electron chi connectivity index (χ3n) is 3.98. The summed E-state index contributed by atoms with van der Waals surface area (Å²) in [6.45, 7) is 1.92. The van der Waals surface area contributed by atoms with Gasteiger partial charge in [-0.25, -0.2) is 0 Å². The van der Waals surface area contributed by atoms with E-state index in [1.165, 1.54) is 18.4 Å². The highest BCUT2D eigenvalue weighted by Crippen LogP contribution is 2.33. The van der Waals surface area contributed by atoms with E-state index >= 15 is 0 Å². The number of nitriles is 1. The lowest BCUT2D eigenvalue weighted by Gasteiger charge is -2.24. The molecule has 4 heteroatoms. The highest BCUT2D eigenvalue weighted by molar-refractivity contribution is 5.37. The molecule has 1 aromatic heterocycles. The Morgan fingerprint density at radius 1 is 1.40 bits per heavy atom. The lowest BCUT2D eigenvalue weighted by molar-refractivity contribution is 0.248. The Kier molecular flexibility index (Phi) is 3.53. The minimum Gasteiger partial charge on any atom is -0.292 e. The van der Waals surface area contributed by atoms with Crippen molar-refractivity contribution in [2.24, 2.45) is 7.05 Å². The van der Waals surface area contributed by atoms with Crippen molar-refractivity contribution in [1.82, 2.24) is 14.7 Å². The molecule has 0 radical (unpaired) electrons. The van der Waals surface area contributed by atoms with Crippen LogP contribution in [-0.4, -0.2) is 21.2 Å². The third kappa shape index (κ3) is 2.45. The number of nitrogens with zero attached hydrogens (tertiary/aromatic N) is 4. The van der Waals surface area contributed by atoms with E-state index in [-0.39, 0.29) is 0 Å². The summed E-state index contributed by atoms with van der Waals surface area (Å²) in [6.07, 6.45) is 6.42. The predicted molar refractivity (Wildman–Crippen MR) is 76.8 cm³/mol. The van der Waals surface area contributed by atoms with Gasteiger partial charge in [0, 0.05) is 31.4 Å². The second kappa shape index (κ2) is 5.48. The molecule has 2 aromatic rings. The van der Waals surface area contributed by atoms with E-state index in [1.807, 2.05) is 36.1 Å². The Hall–Kier alpha value is -2.12. The lowest BCUT2D eigenvalue weighted by atomic mass is 10.1. The van der Waals surface area contributed by atoms with Gasteiger partial charge >= 0.3 is 0 Å². The molecule has 1 aliphatic heterocycles. The summed E-state index contributed by atoms with van der Waals surface area (Å²) >= 11 is 0. The zero-order valence-corrected chi connectivity index (χ0v) is 11.7. The molecule has 2 heterocycles. The molecule has 20 heavy (non-hydrogen) atoms. The molecule has 102 valence electrons. The van der Waals surface area contributed by atoms with E-state index in [4.69, 9.17) is 0 Å². The molecular weight excluding hydrogens is 248 g/mol. The summed E-state index contributed by atoms with van der Waals surface area (Å²) in [5, 5.41) is 13.5. The molecule has 1 fully saturated rings. The first kappa shape index (κ1) is 12.9. The van der Waals surface area contributed by atoms with Crippen molar-refractivity contribution in [3.8, 4) is 6.07 Å². The molecule has 1 aliphatic rings. The minimum atomic E-state index is 0.426. The highest BCUT2D eigenvalue weighted by Gasteiger charge is 2.27. The minimum absolute atomic E-state index is 0.426. The average Bonchev–Trinajstić information content (AvgIpc) is 3.08. The van der Waals surface area contributed by atoms with Crippen molar-refractivity contribution < 1.29 is 0 Å². The van der Waals surface area contributed by atoms with E-state index < -0.39 is 0 Å². The van der Waals surface area contributed by atoms with E-state index in [2.05, 4.69) is 28.3 Å². The first-order valence-electron chi connectivity index (χ1n) is 6.98. The summed E-state index contributed by atoms with van der Waals surface area (Å²) in [5.41, 5.74) is 3.18. The quantitative estimate of drug-likeness (QED) is 0.858. The van der Waals surface area contributed by atoms with E-state index in [0.717, 1.165) is 24.2 Å². The molecule has 0 amide bonds. The molecule has 0 unspecified atom stereocenters. The van der Waals surface area contributed by atoms with E-state index in [1.54, 1.807) is 0 Å². The summed E-state index contributed by atoms with van der Waals surface area (Å²) in [5.74, 6) is 0. The summed E-state index contributed by atoms with van der Waals surface area (Å²) in [4.78, 5) is 2.45. The molecule has 1 saturated heterocycles. The molecule has 0 saturated carbocycles. The Labute approximate surface area is 119 Å². The van der Waals surface area contributed by atoms with Crippen LogP contribution >= 0.6 is 0 Å². The van der Waals surface area contributed by atoms with Crippen LogP contribution in [0, 0.1) is 11.3 Å². The highest BCUT2D eigenvalue weighted by atomic mass is 15.3. The van der Waals surface area contributed by atoms with Crippen LogP contribution in [-0.2, 0) is 13.6 Å². The standard InChI is InChI=1S/C16H18N4/c1-19-11-15(10-18-19)16-7-4-8-20(16)12-14-6-3-2-5-13(14)9-17/h2-3,5-6,10-11,16H,4,7-8,12H2,1H3/t16-/m1/s1. The molecule has 3 rings (SSSR count). The van der Waals surface area contributed by atoms with Crippen LogP contribution in [0.1, 0.15) is 35.6 Å². The molecule has 0 spiro atoms. The fraction of sp³-hybridized carbons (Fsp3) is 0.375. The normalized spacial score (nSPS) is 19.1. The van der Waals surface area contributed by atoms with Gasteiger partial charge in [0.05, 0.1) is 17.8 Å². The van der Waals surface area contributed by atoms with Crippen molar-refractivity contribution in [3.05, 3.63) is 53.3 Å². The Morgan fingerprint density at radius 2 is 2.25 bits per heavy atom. The van der Waals surface area contributed by atoms with Crippen LogP contribution in [0.15, 0.2) is 36.7 Å². The number of likely N-dealkylation sites (tertiary alicyclic amines) is 1. The number of hydrogen-bond donors (Lipinski definition) is 0. The van der Waals surface area contributed by atoms with Gasteiger partial charge in [0.2, 0.25) is 0 Å². The van der Waals surface area contributed by atoms with Crippen LogP contribution in [0.3, 0.4) is 0 Å². The summed E-state index contributed by atoms with van der Waals surface area (Å²) < 4.78 is 1.86. The van der Waals surface area contributed by atoms with Crippen LogP contribution in [0.2, 0.25) is 0 Å². The van der Waals surface area contributed by atoms with Gasteiger partial charge in [0.25, 0.3) is 0 Å². The Bertz CT molecular complexity index is 638. The number of benzene rings is 1. The smallest absolute Gasteiger partial charge is 0.0995 e. The number of aromatic nitrogens is 2. The van der Waals surface area contributed by atoms with Crippen LogP contribution < -0.4 is 0 Å². The summed E-state index contributed by atoms with van der Waals surface area (Å²) in [6, 6.07) is 10.6. The molecular formula is C16H18N4. The van der Waals surface area contributed by atoms with Crippen LogP contribution in [0.5, 0.6) is 0 Å². The maximum absolute atomic E-state index is 9.20. The number of rotatable bonds is 3. The van der Waals surface area contributed by atoms with Gasteiger partial charge in [0.15, 0.2) is 0 Å². The zero-order valence-electron chi connectivity index (χ0n) is 11.7. The molecule has 1 atom stereocenters. The Balaban J connectivity index is 1.81. The summed E-state index contributed by atoms with van der Waals surface area (Å²) in [7, 11) is 1.95. The monoisotopic (exact) mass is 266 g/mol. The second-order valence-electron chi connectivity index (χ2n) is 5.34. The van der Waals surface area contributed by atoms with Crippen molar-refractivity contribution in [2.45, 2.75) is 25.4 Å². The maximum atomic E-state index is 9.20. The predicted octanol–water partition coefficient (Wildman–Crippen LogP) is 2.63. The van der Waals surface area contributed by atoms with Crippen molar-refractivity contribution in [3.63, 3.8) is 0 Å². The fourth-order valence-electron chi connectivity index (χ4n) is 2.99. The molecule has 0 N–H and O–H groups in total. The van der Waals surface area contributed by atoms with Crippen LogP contribution in [0.4, 0.5) is 0 Å². The van der Waals surface area contributed by atoms with Crippen molar-refractivity contribution >= 4 is 0 Å². The van der Waals surface area contributed by atoms with Crippen molar-refractivity contribution in [1.29, 1.82) is 5.26 Å². The lowest BCUT2D eigenvalue weighted by Crippen LogP contribution is -2.23. The Morgan fingerprint density at radius 3 is 3.00 bits per heavy atom. The topological polar surface area (TPSA) is 44.9 Å². The van der Waals surface area contributed by atoms with Crippen LogP contribution in [0.25, 0.3) is 0 Å². The molecule has 4 nitrogen and oxygen atoms in total. The average molecular weight is 266 g/mol. The van der Waals surface area contributed by atoms with Gasteiger partial charge in [-0.05, 0) is 31.0 Å². The second-order valence-corrected chi connectivity index (χ2v) is 5.34. The van der Waals surface area contributed by atoms with Gasteiger partial charge < -0.3 is 0 Å². The molecule has 1 aromatic carbocycles. The third-order valence-corrected chi connectivity index (χ3v) is 3.98. The van der Waals surface area contributed by atoms with Gasteiger partial charge in [-0.3, -0.25) is 9.58 Å². The largest absolute Gasteiger partial charge is 0.292 e. The van der Waals surface area contributed by atoms with Gasteiger partial charge in [0.1, 0.15) is 0 Å². The maximum Gasteiger partial charge on any atom is 0.0995 e. The van der Waals surface area contributed by atoms with Gasteiger partial charge in [-0.15, -0.1) is 0 Å². The number of aryl methyl sites for hydroxylation is 1. The molecule has 0 aliphatic carbocycles. The molecule has 0 bridgehead atoms. The van der Waals surface area contributed by atoms with Gasteiger partial charge in [-0.2, -0.15) is 10.4 Å². The number of hydrogen-bond acceptors (Lipinski definition) is 3. The first-order valence-corrected chi connectivity index (χ1v) is 6.98. The van der Waals surface area contributed by atoms with Gasteiger partial charge in [-0.1, -0.05) is 18.2 Å². The van der Waals surface area contributed by atoms with E-state index in [9.17, 15) is 5.26 Å². The van der Waals surface area contributed by atoms with E-state index in [0.29, 0.717) is 6.04 Å².